The highest BCUT2D eigenvalue weighted by Gasteiger charge is 2.27. The van der Waals surface area contributed by atoms with Gasteiger partial charge in [0.1, 0.15) is 0 Å². The van der Waals surface area contributed by atoms with Crippen LogP contribution in [0.25, 0.3) is 10.9 Å². The molecule has 0 N–H and O–H groups in total. The van der Waals surface area contributed by atoms with Crippen molar-refractivity contribution >= 4 is 22.7 Å². The zero-order valence-corrected chi connectivity index (χ0v) is 11.0. The molecule has 0 atom stereocenters. The second kappa shape index (κ2) is 4.23. The molecule has 0 bridgehead atoms. The lowest BCUT2D eigenvalue weighted by Crippen LogP contribution is -2.12. The summed E-state index contributed by atoms with van der Waals surface area (Å²) in [6.45, 7) is 0. The summed E-state index contributed by atoms with van der Waals surface area (Å²) >= 11 is 0. The number of methoxy groups -OCH3 is 1. The number of aromatic nitrogens is 1. The van der Waals surface area contributed by atoms with E-state index >= 15 is 0 Å². The van der Waals surface area contributed by atoms with Crippen LogP contribution in [0.15, 0.2) is 18.2 Å². The SMILES string of the molecule is COC(=O)c1cccc2c1c1c(n2C)CCCC1=O. The van der Waals surface area contributed by atoms with E-state index in [0.29, 0.717) is 17.5 Å². The average Bonchev–Trinajstić information content (AvgIpc) is 2.73. The molecule has 98 valence electrons. The number of fused-ring (bicyclic) bond motifs is 3. The smallest absolute Gasteiger partial charge is 0.338 e. The number of benzene rings is 1. The molecule has 3 rings (SSSR count). The summed E-state index contributed by atoms with van der Waals surface area (Å²) in [6, 6.07) is 5.48. The fourth-order valence-corrected chi connectivity index (χ4v) is 2.95. The number of nitrogens with zero attached hydrogens (tertiary/aromatic N) is 1. The third kappa shape index (κ3) is 1.59. The molecule has 2 aromatic rings. The zero-order chi connectivity index (χ0) is 13.6. The lowest BCUT2D eigenvalue weighted by Gasteiger charge is -2.12. The van der Waals surface area contributed by atoms with Crippen LogP contribution < -0.4 is 0 Å². The first kappa shape index (κ1) is 12.0. The molecule has 1 aromatic carbocycles. The van der Waals surface area contributed by atoms with Gasteiger partial charge in [-0.15, -0.1) is 0 Å². The number of Topliss-reactive ketones (excluding diaryl/α,β-unsaturated/α-hetero) is 1. The van der Waals surface area contributed by atoms with Crippen molar-refractivity contribution in [2.75, 3.05) is 7.11 Å². The van der Waals surface area contributed by atoms with Gasteiger partial charge in [0, 0.05) is 35.6 Å². The topological polar surface area (TPSA) is 48.3 Å². The highest BCUT2D eigenvalue weighted by atomic mass is 16.5. The third-order valence-electron chi connectivity index (χ3n) is 3.85. The first-order chi connectivity index (χ1) is 9.15. The minimum absolute atomic E-state index is 0.128. The summed E-state index contributed by atoms with van der Waals surface area (Å²) in [5.74, 6) is -0.263. The molecule has 0 saturated heterocycles. The third-order valence-corrected chi connectivity index (χ3v) is 3.85. The molecule has 0 saturated carbocycles. The van der Waals surface area contributed by atoms with Gasteiger partial charge in [-0.25, -0.2) is 4.79 Å². The lowest BCUT2D eigenvalue weighted by molar-refractivity contribution is 0.0603. The molecular weight excluding hydrogens is 242 g/mol. The van der Waals surface area contributed by atoms with Crippen LogP contribution in [0, 0.1) is 0 Å². The van der Waals surface area contributed by atoms with Gasteiger partial charge in [0.15, 0.2) is 5.78 Å². The summed E-state index contributed by atoms with van der Waals surface area (Å²) in [6.07, 6.45) is 2.32. The maximum atomic E-state index is 12.2. The van der Waals surface area contributed by atoms with Gasteiger partial charge in [0.05, 0.1) is 12.7 Å². The number of esters is 1. The van der Waals surface area contributed by atoms with Crippen molar-refractivity contribution in [1.82, 2.24) is 4.57 Å². The Bertz CT molecular complexity index is 697. The molecule has 1 heterocycles. The Kier molecular flexibility index (Phi) is 2.66. The van der Waals surface area contributed by atoms with Crippen LogP contribution in [-0.4, -0.2) is 23.4 Å². The van der Waals surface area contributed by atoms with Crippen molar-refractivity contribution in [1.29, 1.82) is 0 Å². The van der Waals surface area contributed by atoms with Gasteiger partial charge in [0.2, 0.25) is 0 Å². The average molecular weight is 257 g/mol. The second-order valence-electron chi connectivity index (χ2n) is 4.85. The standard InChI is InChI=1S/C15H15NO3/c1-16-10-6-3-5-9(15(18)19-2)13(10)14-11(16)7-4-8-12(14)17/h3,5-6H,4,7-8H2,1-2H3. The van der Waals surface area contributed by atoms with Crippen LogP contribution in [-0.2, 0) is 18.2 Å². The molecule has 19 heavy (non-hydrogen) atoms. The van der Waals surface area contributed by atoms with E-state index in [1.165, 1.54) is 7.11 Å². The number of hydrogen-bond donors (Lipinski definition) is 0. The number of ether oxygens (including phenoxy) is 1. The van der Waals surface area contributed by atoms with E-state index < -0.39 is 5.97 Å². The van der Waals surface area contributed by atoms with Gasteiger partial charge < -0.3 is 9.30 Å². The van der Waals surface area contributed by atoms with Gasteiger partial charge in [-0.3, -0.25) is 4.79 Å². The molecule has 0 fully saturated rings. The molecule has 1 aliphatic carbocycles. The first-order valence-corrected chi connectivity index (χ1v) is 6.37. The van der Waals surface area contributed by atoms with E-state index in [4.69, 9.17) is 4.74 Å². The van der Waals surface area contributed by atoms with Crippen LogP contribution in [0.4, 0.5) is 0 Å². The molecule has 0 amide bonds. The molecule has 0 aliphatic heterocycles. The van der Waals surface area contributed by atoms with E-state index in [1.807, 2.05) is 23.7 Å². The van der Waals surface area contributed by atoms with E-state index in [9.17, 15) is 9.59 Å². The molecular formula is C15H15NO3. The van der Waals surface area contributed by atoms with E-state index in [-0.39, 0.29) is 5.78 Å². The van der Waals surface area contributed by atoms with Gasteiger partial charge in [-0.2, -0.15) is 0 Å². The normalized spacial score (nSPS) is 14.5. The van der Waals surface area contributed by atoms with Gasteiger partial charge in [0.25, 0.3) is 0 Å². The lowest BCUT2D eigenvalue weighted by atomic mass is 9.92. The molecule has 4 nitrogen and oxygen atoms in total. The van der Waals surface area contributed by atoms with Gasteiger partial charge in [-0.1, -0.05) is 6.07 Å². The number of hydrogen-bond acceptors (Lipinski definition) is 3. The predicted octanol–water partition coefficient (Wildman–Crippen LogP) is 2.48. The monoisotopic (exact) mass is 257 g/mol. The predicted molar refractivity (Wildman–Crippen MR) is 71.5 cm³/mol. The summed E-state index contributed by atoms with van der Waals surface area (Å²) in [5, 5.41) is 0.747. The fourth-order valence-electron chi connectivity index (χ4n) is 2.95. The number of carbonyl (C=O) groups is 2. The van der Waals surface area contributed by atoms with Gasteiger partial charge >= 0.3 is 5.97 Å². The molecule has 4 heteroatoms. The van der Waals surface area contributed by atoms with Crippen LogP contribution in [0.2, 0.25) is 0 Å². The summed E-state index contributed by atoms with van der Waals surface area (Å²) in [7, 11) is 3.30. The van der Waals surface area contributed by atoms with Crippen LogP contribution >= 0.6 is 0 Å². The Morgan fingerprint density at radius 1 is 1.32 bits per heavy atom. The minimum atomic E-state index is -0.391. The van der Waals surface area contributed by atoms with Crippen molar-refractivity contribution in [3.63, 3.8) is 0 Å². The van der Waals surface area contributed by atoms with Crippen molar-refractivity contribution < 1.29 is 14.3 Å². The quantitative estimate of drug-likeness (QED) is 0.737. The number of aryl methyl sites for hydroxylation is 1. The van der Waals surface area contributed by atoms with E-state index in [2.05, 4.69) is 0 Å². The molecule has 0 radical (unpaired) electrons. The zero-order valence-electron chi connectivity index (χ0n) is 11.0. The minimum Gasteiger partial charge on any atom is -0.465 e. The van der Waals surface area contributed by atoms with E-state index in [1.54, 1.807) is 6.07 Å². The van der Waals surface area contributed by atoms with Crippen molar-refractivity contribution in [3.05, 3.63) is 35.0 Å². The van der Waals surface area contributed by atoms with Crippen molar-refractivity contribution in [3.8, 4) is 0 Å². The largest absolute Gasteiger partial charge is 0.465 e. The van der Waals surface area contributed by atoms with Crippen molar-refractivity contribution in [2.45, 2.75) is 19.3 Å². The molecule has 0 unspecified atom stereocenters. The Hall–Kier alpha value is -2.10. The summed E-state index contributed by atoms with van der Waals surface area (Å²) < 4.78 is 6.84. The Morgan fingerprint density at radius 2 is 2.11 bits per heavy atom. The molecule has 1 aliphatic rings. The Morgan fingerprint density at radius 3 is 2.84 bits per heavy atom. The maximum absolute atomic E-state index is 12.2. The number of ketones is 1. The second-order valence-corrected chi connectivity index (χ2v) is 4.85. The molecule has 0 spiro atoms. The highest BCUT2D eigenvalue weighted by molar-refractivity contribution is 6.16. The summed E-state index contributed by atoms with van der Waals surface area (Å²) in [5.41, 5.74) is 3.14. The van der Waals surface area contributed by atoms with Gasteiger partial charge in [-0.05, 0) is 25.0 Å². The van der Waals surface area contributed by atoms with Crippen molar-refractivity contribution in [2.24, 2.45) is 7.05 Å². The van der Waals surface area contributed by atoms with Crippen LogP contribution in [0.5, 0.6) is 0 Å². The van der Waals surface area contributed by atoms with E-state index in [0.717, 1.165) is 29.4 Å². The van der Waals surface area contributed by atoms with Crippen LogP contribution in [0.1, 0.15) is 39.3 Å². The first-order valence-electron chi connectivity index (χ1n) is 6.37. The molecule has 1 aromatic heterocycles. The maximum Gasteiger partial charge on any atom is 0.338 e. The number of rotatable bonds is 1. The Balaban J connectivity index is 2.43. The fraction of sp³-hybridized carbons (Fsp3) is 0.333. The number of carbonyl (C=O) groups excluding carboxylic acids is 2. The van der Waals surface area contributed by atoms with Crippen LogP contribution in [0.3, 0.4) is 0 Å². The Labute approximate surface area is 111 Å². The highest BCUT2D eigenvalue weighted by Crippen LogP contribution is 2.33. The summed E-state index contributed by atoms with van der Waals surface area (Å²) in [4.78, 5) is 24.1.